The predicted octanol–water partition coefficient (Wildman–Crippen LogP) is -6.54. The Morgan fingerprint density at radius 1 is 0.808 bits per heavy atom. The number of aldehydes is 1. The smallest absolute Gasteiger partial charge is 0.218 e. The fourth-order valence-electron chi connectivity index (χ4n) is 5.85. The van der Waals surface area contributed by atoms with Crippen molar-refractivity contribution >= 4 is 39.3 Å². The van der Waals surface area contributed by atoms with Crippen LogP contribution in [0.5, 0.6) is 0 Å². The maximum atomic E-state index is 11.4. The van der Waals surface area contributed by atoms with Crippen molar-refractivity contribution < 1.29 is 112 Å². The minimum atomic E-state index is -5.49. The zero-order chi connectivity index (χ0) is 38.5. The van der Waals surface area contributed by atoms with Crippen LogP contribution in [0.1, 0.15) is 20.3 Å². The SMILES string of the molecule is CCC1OC(C=O)C(O)C1OC1OCC(OC2OC(COS(=O)(=O)[O-])C(OC3OCC(C)C(O)C3OS(=O)(=O)[O-])C(O)C2NSOO[O-])C(O)C1O. The maximum absolute atomic E-state index is 11.4. The summed E-state index contributed by atoms with van der Waals surface area (Å²) in [6.07, 6.45) is -24.2. The lowest BCUT2D eigenvalue weighted by molar-refractivity contribution is -0.777. The average Bonchev–Trinajstić information content (AvgIpc) is 3.38. The minimum absolute atomic E-state index is 0.0518. The average molecular weight is 821 g/mol. The highest BCUT2D eigenvalue weighted by molar-refractivity contribution is 7.92. The van der Waals surface area contributed by atoms with E-state index in [9.17, 15) is 61.5 Å². The van der Waals surface area contributed by atoms with E-state index in [-0.39, 0.29) is 18.8 Å². The number of ether oxygens (including phenoxy) is 7. The highest BCUT2D eigenvalue weighted by Crippen LogP contribution is 2.34. The predicted molar refractivity (Wildman–Crippen MR) is 154 cm³/mol. The lowest BCUT2D eigenvalue weighted by Crippen LogP contribution is -2.67. The van der Waals surface area contributed by atoms with Gasteiger partial charge in [0.05, 0.1) is 38.1 Å². The molecular formula is C24H38NO24S3-3. The number of carbonyl (C=O) groups excluding carboxylic acids is 1. The number of aliphatic hydroxyl groups excluding tert-OH is 5. The quantitative estimate of drug-likeness (QED) is 0.0116. The van der Waals surface area contributed by atoms with Crippen molar-refractivity contribution in [1.82, 2.24) is 4.72 Å². The van der Waals surface area contributed by atoms with Crippen LogP contribution in [-0.2, 0) is 76.5 Å². The molecule has 0 aromatic carbocycles. The van der Waals surface area contributed by atoms with Gasteiger partial charge in [-0.1, -0.05) is 13.8 Å². The Kier molecular flexibility index (Phi) is 15.9. The molecule has 0 spiro atoms. The second kappa shape index (κ2) is 18.8. The summed E-state index contributed by atoms with van der Waals surface area (Å²) in [4.78, 5) is 11.3. The summed E-state index contributed by atoms with van der Waals surface area (Å²) in [7, 11) is -10.9. The van der Waals surface area contributed by atoms with E-state index in [1.165, 1.54) is 6.92 Å². The molecule has 0 amide bonds. The lowest BCUT2D eigenvalue weighted by Gasteiger charge is -2.48. The molecule has 0 aromatic rings. The molecule has 0 aliphatic carbocycles. The third-order valence-electron chi connectivity index (χ3n) is 8.47. The van der Waals surface area contributed by atoms with Crippen LogP contribution >= 0.6 is 12.2 Å². The molecule has 28 heteroatoms. The molecule has 4 saturated heterocycles. The molecule has 17 atom stereocenters. The Morgan fingerprint density at radius 3 is 2.08 bits per heavy atom. The zero-order valence-electron chi connectivity index (χ0n) is 26.9. The largest absolute Gasteiger partial charge is 0.726 e. The van der Waals surface area contributed by atoms with Gasteiger partial charge in [-0.2, -0.15) is 4.33 Å². The summed E-state index contributed by atoms with van der Waals surface area (Å²) in [5, 5.41) is 67.9. The molecule has 0 radical (unpaired) electrons. The first-order valence-corrected chi connectivity index (χ1v) is 18.8. The number of nitrogens with one attached hydrogen (secondary N) is 1. The molecule has 52 heavy (non-hydrogen) atoms. The normalized spacial score (nSPS) is 43.4. The van der Waals surface area contributed by atoms with Crippen molar-refractivity contribution in [2.75, 3.05) is 19.8 Å². The highest BCUT2D eigenvalue weighted by Gasteiger charge is 2.53. The highest BCUT2D eigenvalue weighted by atomic mass is 32.3. The van der Waals surface area contributed by atoms with Crippen LogP contribution in [0.2, 0.25) is 0 Å². The van der Waals surface area contributed by atoms with Gasteiger partial charge in [0.25, 0.3) is 0 Å². The van der Waals surface area contributed by atoms with E-state index in [1.807, 2.05) is 0 Å². The molecule has 4 rings (SSSR count). The van der Waals surface area contributed by atoms with Gasteiger partial charge in [-0.25, -0.2) is 21.6 Å². The number of carbonyl (C=O) groups is 1. The summed E-state index contributed by atoms with van der Waals surface area (Å²) in [6.45, 7) is 0.994. The Hall–Kier alpha value is -0.880. The van der Waals surface area contributed by atoms with Gasteiger partial charge in [-0.3, -0.25) is 13.4 Å². The van der Waals surface area contributed by atoms with Gasteiger partial charge in [-0.15, -0.1) is 0 Å². The van der Waals surface area contributed by atoms with Crippen LogP contribution in [0.25, 0.3) is 0 Å². The molecule has 304 valence electrons. The van der Waals surface area contributed by atoms with Gasteiger partial charge in [0.15, 0.2) is 31.3 Å². The summed E-state index contributed by atoms with van der Waals surface area (Å²) >= 11 is 0.0518. The van der Waals surface area contributed by atoms with Gasteiger partial charge < -0.3 is 77.8 Å². The fraction of sp³-hybridized carbons (Fsp3) is 0.958. The summed E-state index contributed by atoms with van der Waals surface area (Å²) < 4.78 is 123. The Labute approximate surface area is 300 Å². The van der Waals surface area contributed by atoms with E-state index in [2.05, 4.69) is 22.5 Å². The van der Waals surface area contributed by atoms with Crippen molar-refractivity contribution in [3.63, 3.8) is 0 Å². The number of aliphatic hydroxyl groups is 5. The zero-order valence-corrected chi connectivity index (χ0v) is 29.4. The van der Waals surface area contributed by atoms with Crippen LogP contribution < -0.4 is 9.98 Å². The maximum Gasteiger partial charge on any atom is 0.218 e. The van der Waals surface area contributed by atoms with Gasteiger partial charge in [0.1, 0.15) is 67.2 Å². The third kappa shape index (κ3) is 11.1. The van der Waals surface area contributed by atoms with Crippen LogP contribution in [0, 0.1) is 5.92 Å². The van der Waals surface area contributed by atoms with Gasteiger partial charge in [0.2, 0.25) is 20.8 Å². The van der Waals surface area contributed by atoms with Gasteiger partial charge in [0, 0.05) is 5.92 Å². The first kappa shape index (κ1) is 43.8. The molecule has 4 fully saturated rings. The number of hydrogen-bond acceptors (Lipinski definition) is 26. The van der Waals surface area contributed by atoms with E-state index in [4.69, 9.17) is 33.2 Å². The van der Waals surface area contributed by atoms with Crippen molar-refractivity contribution in [2.24, 2.45) is 5.92 Å². The Bertz CT molecular complexity index is 1360. The molecule has 6 N–H and O–H groups in total. The van der Waals surface area contributed by atoms with Gasteiger partial charge in [-0.05, 0) is 6.42 Å². The molecule has 4 aliphatic heterocycles. The van der Waals surface area contributed by atoms with Crippen LogP contribution in [0.4, 0.5) is 0 Å². The van der Waals surface area contributed by atoms with Crippen molar-refractivity contribution in [2.45, 2.75) is 118 Å². The van der Waals surface area contributed by atoms with E-state index in [1.54, 1.807) is 6.92 Å². The summed E-state index contributed by atoms with van der Waals surface area (Å²) in [5.41, 5.74) is 0. The van der Waals surface area contributed by atoms with Crippen molar-refractivity contribution in [3.8, 4) is 0 Å². The first-order valence-electron chi connectivity index (χ1n) is 15.4. The molecule has 25 nitrogen and oxygen atoms in total. The van der Waals surface area contributed by atoms with E-state index in [0.717, 1.165) is 0 Å². The standard InChI is InChI=1S/C24H41NO24S3/c1-3-9-19(16(29)10(4-26)42-9)45-23-18(31)15(28)11(6-40-23)43-22-13(25-50-49-48-32)17(30)20(12(44-22)7-41-51(33,34)35)46-24-21(47-52(36,37)38)14(27)8(2)5-39-24/h4,8-25,27-32H,3,5-7H2,1-2H3,(H,33,34,35)(H,36,37,38)/p-3. The first-order chi connectivity index (χ1) is 24.4. The van der Waals surface area contributed by atoms with Crippen molar-refractivity contribution in [1.29, 1.82) is 0 Å². The molecule has 0 bridgehead atoms. The Balaban J connectivity index is 1.55. The molecular weight excluding hydrogens is 782 g/mol. The fourth-order valence-corrected chi connectivity index (χ4v) is 7.05. The van der Waals surface area contributed by atoms with E-state index in [0.29, 0.717) is 12.7 Å². The van der Waals surface area contributed by atoms with Crippen LogP contribution in [-0.4, -0.2) is 176 Å². The number of hydrogen-bond donors (Lipinski definition) is 6. The Morgan fingerprint density at radius 2 is 1.46 bits per heavy atom. The molecule has 17 unspecified atom stereocenters. The molecule has 0 saturated carbocycles. The molecule has 4 heterocycles. The van der Waals surface area contributed by atoms with Crippen molar-refractivity contribution in [3.05, 3.63) is 0 Å². The second-order valence-electron chi connectivity index (χ2n) is 12.0. The monoisotopic (exact) mass is 820 g/mol. The lowest BCUT2D eigenvalue weighted by atomic mass is 9.95. The summed E-state index contributed by atoms with van der Waals surface area (Å²) in [5.74, 6) is -0.806. The van der Waals surface area contributed by atoms with E-state index < -0.39 is 138 Å². The summed E-state index contributed by atoms with van der Waals surface area (Å²) in [6, 6.07) is -1.67. The van der Waals surface area contributed by atoms with Crippen LogP contribution in [0.15, 0.2) is 0 Å². The third-order valence-corrected chi connectivity index (χ3v) is 9.84. The van der Waals surface area contributed by atoms with E-state index >= 15 is 0 Å². The molecule has 4 aliphatic rings. The molecule has 0 aromatic heterocycles. The van der Waals surface area contributed by atoms with Gasteiger partial charge >= 0.3 is 0 Å². The minimum Gasteiger partial charge on any atom is -0.726 e. The topological polar surface area (TPSA) is 369 Å². The second-order valence-corrected chi connectivity index (χ2v) is 14.6. The number of rotatable bonds is 17. The van der Waals surface area contributed by atoms with Crippen LogP contribution in [0.3, 0.4) is 0 Å².